The van der Waals surface area contributed by atoms with Crippen molar-refractivity contribution in [3.8, 4) is 0 Å². The summed E-state index contributed by atoms with van der Waals surface area (Å²) in [5.41, 5.74) is 0.700. The van der Waals surface area contributed by atoms with Crippen molar-refractivity contribution in [1.82, 2.24) is 0 Å². The summed E-state index contributed by atoms with van der Waals surface area (Å²) in [6.07, 6.45) is -2.34. The van der Waals surface area contributed by atoms with Crippen LogP contribution in [0.1, 0.15) is 40.5 Å². The number of esters is 5. The van der Waals surface area contributed by atoms with Crippen LogP contribution in [-0.4, -0.2) is 67.3 Å². The van der Waals surface area contributed by atoms with Crippen molar-refractivity contribution in [2.24, 2.45) is 5.92 Å². The van der Waals surface area contributed by atoms with Crippen molar-refractivity contribution >= 4 is 29.8 Å². The van der Waals surface area contributed by atoms with Gasteiger partial charge in [-0.1, -0.05) is 6.08 Å². The predicted octanol–water partition coefficient (Wildman–Crippen LogP) is 0.821. The molecule has 3 rings (SSSR count). The molecule has 0 amide bonds. The van der Waals surface area contributed by atoms with Gasteiger partial charge in [0, 0.05) is 38.7 Å². The van der Waals surface area contributed by atoms with Gasteiger partial charge in [-0.25, -0.2) is 4.79 Å². The fourth-order valence-electron chi connectivity index (χ4n) is 4.00. The summed E-state index contributed by atoms with van der Waals surface area (Å²) in [4.78, 5) is 58.5. The Kier molecular flexibility index (Phi) is 8.05. The van der Waals surface area contributed by atoms with Crippen LogP contribution in [0.4, 0.5) is 0 Å². The number of carbonyl (C=O) groups excluding carboxylic acids is 5. The lowest BCUT2D eigenvalue weighted by Crippen LogP contribution is -2.55. The molecule has 0 N–H and O–H groups in total. The minimum atomic E-state index is -1.05. The molecule has 186 valence electrons. The first-order valence-electron chi connectivity index (χ1n) is 10.6. The van der Waals surface area contributed by atoms with Gasteiger partial charge >= 0.3 is 29.8 Å². The fraction of sp³-hybridized carbons (Fsp3) is 0.591. The predicted molar refractivity (Wildman–Crippen MR) is 108 cm³/mol. The van der Waals surface area contributed by atoms with Crippen LogP contribution in [0.2, 0.25) is 0 Å². The summed E-state index contributed by atoms with van der Waals surface area (Å²) in [5, 5.41) is 0. The second kappa shape index (κ2) is 10.8. The van der Waals surface area contributed by atoms with E-state index in [1.807, 2.05) is 0 Å². The van der Waals surface area contributed by atoms with E-state index in [0.29, 0.717) is 5.57 Å². The van der Waals surface area contributed by atoms with E-state index < -0.39 is 66.7 Å². The Labute approximate surface area is 195 Å². The van der Waals surface area contributed by atoms with Crippen LogP contribution >= 0.6 is 0 Å². The van der Waals surface area contributed by atoms with Crippen molar-refractivity contribution in [2.45, 2.75) is 71.4 Å². The molecule has 0 radical (unpaired) electrons. The fourth-order valence-corrected chi connectivity index (χ4v) is 4.00. The highest BCUT2D eigenvalue weighted by atomic mass is 16.8. The summed E-state index contributed by atoms with van der Waals surface area (Å²) in [7, 11) is 0. The van der Waals surface area contributed by atoms with Crippen molar-refractivity contribution in [2.75, 3.05) is 6.61 Å². The number of cyclic esters (lactones) is 2. The van der Waals surface area contributed by atoms with Crippen LogP contribution < -0.4 is 0 Å². The average Bonchev–Trinajstić information content (AvgIpc) is 2.73. The molecule has 0 aliphatic carbocycles. The monoisotopic (exact) mass is 482 g/mol. The third kappa shape index (κ3) is 6.00. The number of carbonyl (C=O) groups is 5. The maximum atomic E-state index is 12.0. The highest BCUT2D eigenvalue weighted by Gasteiger charge is 2.47. The maximum absolute atomic E-state index is 12.0. The molecule has 6 atom stereocenters. The molecule has 0 aromatic rings. The van der Waals surface area contributed by atoms with Crippen LogP contribution in [0.25, 0.3) is 0 Å². The molecule has 3 heterocycles. The van der Waals surface area contributed by atoms with Crippen molar-refractivity contribution in [3.05, 3.63) is 23.5 Å². The molecule has 0 saturated carbocycles. The quantitative estimate of drug-likeness (QED) is 0.228. The van der Waals surface area contributed by atoms with Crippen molar-refractivity contribution in [1.29, 1.82) is 0 Å². The lowest BCUT2D eigenvalue weighted by molar-refractivity contribution is -0.295. The van der Waals surface area contributed by atoms with E-state index in [-0.39, 0.29) is 25.0 Å². The third-order valence-corrected chi connectivity index (χ3v) is 5.34. The standard InChI is InChI=1S/C22H26O12/c1-5-13-14-6-18(26)33-21(27)15(14)8-29-22(13)34-19-7-16(30-11(3)24)20(31-12(4)25)17(32-19)9-28-10(2)23/h5,8,14,16-17,19-20,22H,6-7,9H2,1-4H3/b13-5+/t14-,16?,17?,19?,20+,22?/m0/s1. The summed E-state index contributed by atoms with van der Waals surface area (Å²) in [6, 6.07) is 0. The maximum Gasteiger partial charge on any atom is 0.345 e. The topological polar surface area (TPSA) is 150 Å². The lowest BCUT2D eigenvalue weighted by atomic mass is 9.85. The number of allylic oxidation sites excluding steroid dienone is 1. The minimum Gasteiger partial charge on any atom is -0.468 e. The first kappa shape index (κ1) is 25.4. The summed E-state index contributed by atoms with van der Waals surface area (Å²) in [5.74, 6) is -3.89. The Bertz CT molecular complexity index is 919. The van der Waals surface area contributed by atoms with Crippen LogP contribution in [0.15, 0.2) is 23.5 Å². The van der Waals surface area contributed by atoms with Gasteiger partial charge < -0.3 is 33.2 Å². The molecular formula is C22H26O12. The van der Waals surface area contributed by atoms with E-state index in [4.69, 9.17) is 28.4 Å². The SMILES string of the molecule is C/C=C1/C(OC2CC(OC(C)=O)[C@@H](OC(C)=O)C(COC(C)=O)O2)OC=C2C(=O)OC(=O)C[C@H]21. The molecule has 0 aromatic heterocycles. The zero-order chi connectivity index (χ0) is 25.0. The molecule has 3 aliphatic heterocycles. The minimum absolute atomic E-state index is 0.0346. The van der Waals surface area contributed by atoms with Gasteiger partial charge in [0.05, 0.1) is 18.3 Å². The van der Waals surface area contributed by atoms with E-state index in [0.717, 1.165) is 0 Å². The second-order valence-corrected chi connectivity index (χ2v) is 7.85. The highest BCUT2D eigenvalue weighted by Crippen LogP contribution is 2.38. The van der Waals surface area contributed by atoms with Gasteiger partial charge in [0.15, 0.2) is 12.4 Å². The Morgan fingerprint density at radius 3 is 2.41 bits per heavy atom. The van der Waals surface area contributed by atoms with E-state index >= 15 is 0 Å². The Morgan fingerprint density at radius 1 is 1.09 bits per heavy atom. The van der Waals surface area contributed by atoms with Crippen molar-refractivity contribution in [3.63, 3.8) is 0 Å². The molecule has 2 fully saturated rings. The largest absolute Gasteiger partial charge is 0.468 e. The molecule has 0 spiro atoms. The van der Waals surface area contributed by atoms with Gasteiger partial charge in [0.25, 0.3) is 0 Å². The number of rotatable bonds is 6. The van der Waals surface area contributed by atoms with Gasteiger partial charge in [0.1, 0.15) is 18.8 Å². The van der Waals surface area contributed by atoms with E-state index in [2.05, 4.69) is 4.74 Å². The first-order chi connectivity index (χ1) is 16.1. The Hall–Kier alpha value is -3.25. The van der Waals surface area contributed by atoms with Crippen LogP contribution in [-0.2, 0) is 57.1 Å². The molecule has 4 unspecified atom stereocenters. The Balaban J connectivity index is 1.81. The number of ether oxygens (including phenoxy) is 7. The second-order valence-electron chi connectivity index (χ2n) is 7.85. The molecule has 0 bridgehead atoms. The van der Waals surface area contributed by atoms with Gasteiger partial charge in [-0.15, -0.1) is 0 Å². The zero-order valence-corrected chi connectivity index (χ0v) is 19.1. The molecule has 12 nitrogen and oxygen atoms in total. The van der Waals surface area contributed by atoms with E-state index in [9.17, 15) is 24.0 Å². The number of fused-ring (bicyclic) bond motifs is 1. The highest BCUT2D eigenvalue weighted by molar-refractivity contribution is 6.00. The normalized spacial score (nSPS) is 32.0. The average molecular weight is 482 g/mol. The van der Waals surface area contributed by atoms with E-state index in [1.165, 1.54) is 27.0 Å². The van der Waals surface area contributed by atoms with Crippen LogP contribution in [0.5, 0.6) is 0 Å². The van der Waals surface area contributed by atoms with Crippen molar-refractivity contribution < 1.29 is 57.1 Å². The first-order valence-corrected chi connectivity index (χ1v) is 10.6. The van der Waals surface area contributed by atoms with Gasteiger partial charge in [-0.3, -0.25) is 19.2 Å². The Morgan fingerprint density at radius 2 is 1.79 bits per heavy atom. The number of hydrogen-bond acceptors (Lipinski definition) is 12. The lowest BCUT2D eigenvalue weighted by Gasteiger charge is -2.42. The van der Waals surface area contributed by atoms with Crippen LogP contribution in [0, 0.1) is 5.92 Å². The summed E-state index contributed by atoms with van der Waals surface area (Å²) in [6.45, 7) is 5.00. The summed E-state index contributed by atoms with van der Waals surface area (Å²) < 4.78 is 37.7. The van der Waals surface area contributed by atoms with Crippen LogP contribution in [0.3, 0.4) is 0 Å². The molecular weight excluding hydrogens is 456 g/mol. The van der Waals surface area contributed by atoms with Gasteiger partial charge in [0.2, 0.25) is 6.29 Å². The smallest absolute Gasteiger partial charge is 0.345 e. The molecule has 12 heteroatoms. The molecule has 34 heavy (non-hydrogen) atoms. The third-order valence-electron chi connectivity index (χ3n) is 5.34. The van der Waals surface area contributed by atoms with Gasteiger partial charge in [-0.05, 0) is 6.92 Å². The zero-order valence-electron chi connectivity index (χ0n) is 19.1. The van der Waals surface area contributed by atoms with Gasteiger partial charge in [-0.2, -0.15) is 0 Å². The number of hydrogen-bond donors (Lipinski definition) is 0. The van der Waals surface area contributed by atoms with E-state index in [1.54, 1.807) is 13.0 Å². The molecule has 0 aromatic carbocycles. The molecule has 2 saturated heterocycles. The summed E-state index contributed by atoms with van der Waals surface area (Å²) >= 11 is 0. The molecule has 3 aliphatic rings.